The molecule has 2 amide bonds. The summed E-state index contributed by atoms with van der Waals surface area (Å²) in [6.07, 6.45) is 2.49. The highest BCUT2D eigenvalue weighted by Crippen LogP contribution is 2.28. The lowest BCUT2D eigenvalue weighted by atomic mass is 10.1. The Labute approximate surface area is 185 Å². The van der Waals surface area contributed by atoms with Crippen LogP contribution < -0.4 is 15.4 Å². The van der Waals surface area contributed by atoms with Crippen molar-refractivity contribution in [3.05, 3.63) is 53.6 Å². The molecule has 6 nitrogen and oxygen atoms in total. The third-order valence-corrected chi connectivity index (χ3v) is 5.31. The summed E-state index contributed by atoms with van der Waals surface area (Å²) in [6.45, 7) is 8.73. The van der Waals surface area contributed by atoms with Crippen LogP contribution in [0, 0.1) is 13.8 Å². The summed E-state index contributed by atoms with van der Waals surface area (Å²) in [4.78, 5) is 27.4. The number of carbonyl (C=O) groups excluding carboxylic acids is 2. The molecular formula is C25H33N3O3. The maximum absolute atomic E-state index is 12.7. The fraction of sp³-hybridized carbons (Fsp3) is 0.440. The minimum Gasteiger partial charge on any atom is -0.489 e. The van der Waals surface area contributed by atoms with E-state index in [-0.39, 0.29) is 17.9 Å². The van der Waals surface area contributed by atoms with Crippen LogP contribution >= 0.6 is 0 Å². The van der Waals surface area contributed by atoms with Crippen LogP contribution in [0.5, 0.6) is 5.75 Å². The molecule has 1 saturated carbocycles. The van der Waals surface area contributed by atoms with Crippen LogP contribution in [0.1, 0.15) is 44.2 Å². The first-order chi connectivity index (χ1) is 14.8. The van der Waals surface area contributed by atoms with E-state index in [2.05, 4.69) is 15.5 Å². The van der Waals surface area contributed by atoms with Gasteiger partial charge >= 0.3 is 0 Å². The van der Waals surface area contributed by atoms with Gasteiger partial charge in [-0.1, -0.05) is 30.3 Å². The van der Waals surface area contributed by atoms with Gasteiger partial charge in [0.05, 0.1) is 18.3 Å². The van der Waals surface area contributed by atoms with Crippen LogP contribution in [-0.4, -0.2) is 41.9 Å². The Kier molecular flexibility index (Phi) is 7.69. The van der Waals surface area contributed by atoms with Gasteiger partial charge in [0.15, 0.2) is 0 Å². The molecule has 0 atom stereocenters. The third kappa shape index (κ3) is 6.82. The molecular weight excluding hydrogens is 390 g/mol. The van der Waals surface area contributed by atoms with E-state index in [0.717, 1.165) is 29.7 Å². The van der Waals surface area contributed by atoms with Gasteiger partial charge in [-0.05, 0) is 63.8 Å². The van der Waals surface area contributed by atoms with Crippen LogP contribution in [0.3, 0.4) is 0 Å². The zero-order valence-corrected chi connectivity index (χ0v) is 18.9. The lowest BCUT2D eigenvalue weighted by molar-refractivity contribution is -0.119. The first-order valence-corrected chi connectivity index (χ1v) is 11.0. The molecule has 0 aromatic heterocycles. The van der Waals surface area contributed by atoms with Gasteiger partial charge in [0.25, 0.3) is 0 Å². The van der Waals surface area contributed by atoms with Gasteiger partial charge in [-0.3, -0.25) is 14.5 Å². The van der Waals surface area contributed by atoms with Crippen molar-refractivity contribution in [1.29, 1.82) is 0 Å². The van der Waals surface area contributed by atoms with E-state index in [1.54, 1.807) is 0 Å². The minimum atomic E-state index is -0.0828. The number of rotatable bonds is 10. The monoisotopic (exact) mass is 423 g/mol. The average molecular weight is 424 g/mol. The van der Waals surface area contributed by atoms with Crippen molar-refractivity contribution < 1.29 is 14.3 Å². The Morgan fingerprint density at radius 2 is 1.68 bits per heavy atom. The summed E-state index contributed by atoms with van der Waals surface area (Å²) < 4.78 is 5.77. The summed E-state index contributed by atoms with van der Waals surface area (Å²) in [5.41, 5.74) is 3.65. The van der Waals surface area contributed by atoms with Gasteiger partial charge in [-0.2, -0.15) is 0 Å². The number of hydrogen-bond donors (Lipinski definition) is 2. The molecule has 6 heteroatoms. The highest BCUT2D eigenvalue weighted by Gasteiger charge is 2.30. The number of anilines is 2. The quantitative estimate of drug-likeness (QED) is 0.589. The topological polar surface area (TPSA) is 70.7 Å². The van der Waals surface area contributed by atoms with E-state index in [1.807, 2.05) is 70.2 Å². The first-order valence-electron chi connectivity index (χ1n) is 11.0. The number of aryl methyl sites for hydroxylation is 2. The predicted molar refractivity (Wildman–Crippen MR) is 125 cm³/mol. The number of nitrogens with one attached hydrogen (secondary N) is 2. The van der Waals surface area contributed by atoms with Crippen LogP contribution in [0.4, 0.5) is 11.4 Å². The highest BCUT2D eigenvalue weighted by molar-refractivity contribution is 5.94. The van der Waals surface area contributed by atoms with E-state index in [0.29, 0.717) is 37.0 Å². The van der Waals surface area contributed by atoms with Crippen LogP contribution in [0.25, 0.3) is 0 Å². The van der Waals surface area contributed by atoms with Gasteiger partial charge in [0.2, 0.25) is 11.8 Å². The number of hydrogen-bond acceptors (Lipinski definition) is 4. The molecule has 0 bridgehead atoms. The number of carbonyl (C=O) groups is 2. The Morgan fingerprint density at radius 1 is 1.00 bits per heavy atom. The SMILES string of the molecule is Cc1cccc(C)c1NC(=O)CN(CCC(=O)Nc1ccccc1OC(C)C)C1CC1. The van der Waals surface area contributed by atoms with E-state index >= 15 is 0 Å². The smallest absolute Gasteiger partial charge is 0.238 e. The normalized spacial score (nSPS) is 13.4. The van der Waals surface area contributed by atoms with E-state index in [9.17, 15) is 9.59 Å². The Morgan fingerprint density at radius 3 is 2.32 bits per heavy atom. The Bertz CT molecular complexity index is 902. The molecule has 1 aliphatic carbocycles. The van der Waals surface area contributed by atoms with Crippen molar-refractivity contribution in [3.8, 4) is 5.75 Å². The van der Waals surface area contributed by atoms with Crippen LogP contribution in [0.15, 0.2) is 42.5 Å². The molecule has 2 N–H and O–H groups in total. The molecule has 1 aliphatic rings. The third-order valence-electron chi connectivity index (χ3n) is 5.31. The Balaban J connectivity index is 1.54. The summed E-state index contributed by atoms with van der Waals surface area (Å²) in [5.74, 6) is 0.541. The highest BCUT2D eigenvalue weighted by atomic mass is 16.5. The fourth-order valence-electron chi connectivity index (χ4n) is 3.59. The predicted octanol–water partition coefficient (Wildman–Crippen LogP) is 4.52. The summed E-state index contributed by atoms with van der Waals surface area (Å²) in [6, 6.07) is 13.8. The lowest BCUT2D eigenvalue weighted by Gasteiger charge is -2.22. The molecule has 0 saturated heterocycles. The fourth-order valence-corrected chi connectivity index (χ4v) is 3.59. The van der Waals surface area contributed by atoms with Crippen molar-refractivity contribution in [3.63, 3.8) is 0 Å². The van der Waals surface area contributed by atoms with Crippen molar-refractivity contribution in [1.82, 2.24) is 4.90 Å². The largest absolute Gasteiger partial charge is 0.489 e. The second-order valence-electron chi connectivity index (χ2n) is 8.48. The van der Waals surface area contributed by atoms with Crippen molar-refractivity contribution in [2.45, 2.75) is 59.1 Å². The van der Waals surface area contributed by atoms with E-state index < -0.39 is 0 Å². The molecule has 0 unspecified atom stereocenters. The Hall–Kier alpha value is -2.86. The second-order valence-corrected chi connectivity index (χ2v) is 8.48. The van der Waals surface area contributed by atoms with E-state index in [4.69, 9.17) is 4.74 Å². The summed E-state index contributed by atoms with van der Waals surface area (Å²) >= 11 is 0. The molecule has 0 radical (unpaired) electrons. The molecule has 166 valence electrons. The van der Waals surface area contributed by atoms with Crippen molar-refractivity contribution in [2.75, 3.05) is 23.7 Å². The zero-order chi connectivity index (χ0) is 22.4. The van der Waals surface area contributed by atoms with Gasteiger partial charge < -0.3 is 15.4 Å². The summed E-state index contributed by atoms with van der Waals surface area (Å²) in [5, 5.41) is 5.99. The molecule has 2 aromatic rings. The molecule has 0 heterocycles. The number of para-hydroxylation sites is 3. The van der Waals surface area contributed by atoms with Gasteiger partial charge in [-0.25, -0.2) is 0 Å². The van der Waals surface area contributed by atoms with Gasteiger partial charge in [-0.15, -0.1) is 0 Å². The van der Waals surface area contributed by atoms with Crippen molar-refractivity contribution >= 4 is 23.2 Å². The molecule has 0 spiro atoms. The molecule has 31 heavy (non-hydrogen) atoms. The first kappa shape index (κ1) is 22.8. The molecule has 2 aromatic carbocycles. The van der Waals surface area contributed by atoms with E-state index in [1.165, 1.54) is 0 Å². The van der Waals surface area contributed by atoms with Gasteiger partial charge in [0, 0.05) is 24.7 Å². The standard InChI is InChI=1S/C25H33N3O3/c1-17(2)31-22-11-6-5-10-21(22)26-23(29)14-15-28(20-12-13-20)16-24(30)27-25-18(3)8-7-9-19(25)4/h5-11,17,20H,12-16H2,1-4H3,(H,26,29)(H,27,30). The van der Waals surface area contributed by atoms with Gasteiger partial charge in [0.1, 0.15) is 5.75 Å². The number of ether oxygens (including phenoxy) is 1. The van der Waals surface area contributed by atoms with Crippen molar-refractivity contribution in [2.24, 2.45) is 0 Å². The van der Waals surface area contributed by atoms with Crippen LogP contribution in [-0.2, 0) is 9.59 Å². The second kappa shape index (κ2) is 10.4. The summed E-state index contributed by atoms with van der Waals surface area (Å²) in [7, 11) is 0. The van der Waals surface area contributed by atoms with Crippen LogP contribution in [0.2, 0.25) is 0 Å². The molecule has 3 rings (SSSR count). The number of nitrogens with zero attached hydrogens (tertiary/aromatic N) is 1. The maximum atomic E-state index is 12.7. The number of benzene rings is 2. The molecule has 1 fully saturated rings. The average Bonchev–Trinajstić information content (AvgIpc) is 3.54. The lowest BCUT2D eigenvalue weighted by Crippen LogP contribution is -2.37. The molecule has 0 aliphatic heterocycles. The maximum Gasteiger partial charge on any atom is 0.238 e. The zero-order valence-electron chi connectivity index (χ0n) is 18.9. The number of amides is 2. The minimum absolute atomic E-state index is 0.0267.